The first-order valence-corrected chi connectivity index (χ1v) is 7.72. The van der Waals surface area contributed by atoms with Gasteiger partial charge in [0.25, 0.3) is 0 Å². The zero-order valence-corrected chi connectivity index (χ0v) is 13.8. The summed E-state index contributed by atoms with van der Waals surface area (Å²) < 4.78 is 0.885. The number of rotatable bonds is 3. The first-order valence-electron chi connectivity index (χ1n) is 6.93. The van der Waals surface area contributed by atoms with Crippen LogP contribution >= 0.6 is 15.9 Å². The summed E-state index contributed by atoms with van der Waals surface area (Å²) >= 11 is 3.50. The summed E-state index contributed by atoms with van der Waals surface area (Å²) in [7, 11) is 4.33. The molecule has 0 aliphatic carbocycles. The van der Waals surface area contributed by atoms with Gasteiger partial charge in [0.1, 0.15) is 16.2 Å². The molecule has 19 heavy (non-hydrogen) atoms. The van der Waals surface area contributed by atoms with Crippen LogP contribution in [0.3, 0.4) is 0 Å². The summed E-state index contributed by atoms with van der Waals surface area (Å²) in [6, 6.07) is 2.73. The van der Waals surface area contributed by atoms with Crippen molar-refractivity contribution in [1.82, 2.24) is 14.9 Å². The minimum absolute atomic E-state index is 0.357. The first kappa shape index (κ1) is 14.7. The lowest BCUT2D eigenvalue weighted by molar-refractivity contribution is 0.249. The molecule has 1 aromatic rings. The second-order valence-electron chi connectivity index (χ2n) is 5.74. The van der Waals surface area contributed by atoms with E-state index in [0.717, 1.165) is 29.3 Å². The van der Waals surface area contributed by atoms with E-state index in [1.807, 2.05) is 6.07 Å². The van der Waals surface area contributed by atoms with Crippen LogP contribution in [0.5, 0.6) is 0 Å². The number of anilines is 1. The van der Waals surface area contributed by atoms with Gasteiger partial charge in [-0.15, -0.1) is 0 Å². The Bertz CT molecular complexity index is 425. The minimum Gasteiger partial charge on any atom is -0.356 e. The molecule has 4 nitrogen and oxygen atoms in total. The normalized spacial score (nSPS) is 17.5. The molecular formula is C14H23BrN4. The van der Waals surface area contributed by atoms with Crippen molar-refractivity contribution in [3.05, 3.63) is 16.5 Å². The Morgan fingerprint density at radius 1 is 1.26 bits per heavy atom. The van der Waals surface area contributed by atoms with Gasteiger partial charge in [-0.05, 0) is 42.9 Å². The van der Waals surface area contributed by atoms with E-state index >= 15 is 0 Å². The highest BCUT2D eigenvalue weighted by Gasteiger charge is 2.22. The zero-order valence-electron chi connectivity index (χ0n) is 12.2. The third-order valence-corrected chi connectivity index (χ3v) is 4.14. The van der Waals surface area contributed by atoms with Gasteiger partial charge in [0.15, 0.2) is 0 Å². The van der Waals surface area contributed by atoms with E-state index in [1.54, 1.807) is 0 Å². The van der Waals surface area contributed by atoms with Gasteiger partial charge in [0.2, 0.25) is 0 Å². The molecule has 1 fully saturated rings. The van der Waals surface area contributed by atoms with Gasteiger partial charge in [-0.2, -0.15) is 0 Å². The van der Waals surface area contributed by atoms with Crippen LogP contribution in [0.25, 0.3) is 0 Å². The number of nitrogens with zero attached hydrogens (tertiary/aromatic N) is 4. The topological polar surface area (TPSA) is 32.3 Å². The Labute approximate surface area is 124 Å². The third kappa shape index (κ3) is 3.66. The lowest BCUT2D eigenvalue weighted by Crippen LogP contribution is -2.42. The van der Waals surface area contributed by atoms with Crippen LogP contribution in [0.1, 0.15) is 38.4 Å². The van der Waals surface area contributed by atoms with Crippen LogP contribution in [0.2, 0.25) is 0 Å². The number of aromatic nitrogens is 2. The lowest BCUT2D eigenvalue weighted by atomic mass is 10.0. The van der Waals surface area contributed by atoms with Crippen molar-refractivity contribution in [1.29, 1.82) is 0 Å². The molecule has 0 aromatic carbocycles. The van der Waals surface area contributed by atoms with E-state index in [4.69, 9.17) is 4.98 Å². The van der Waals surface area contributed by atoms with Crippen molar-refractivity contribution in [2.24, 2.45) is 0 Å². The zero-order chi connectivity index (χ0) is 14.0. The minimum atomic E-state index is 0.357. The van der Waals surface area contributed by atoms with Gasteiger partial charge in [-0.25, -0.2) is 9.97 Å². The molecule has 0 N–H and O–H groups in total. The molecule has 106 valence electrons. The monoisotopic (exact) mass is 326 g/mol. The summed E-state index contributed by atoms with van der Waals surface area (Å²) in [5.41, 5.74) is 0. The molecule has 0 bridgehead atoms. The molecule has 0 atom stereocenters. The van der Waals surface area contributed by atoms with Crippen LogP contribution < -0.4 is 4.90 Å². The van der Waals surface area contributed by atoms with Crippen LogP contribution in [0.4, 0.5) is 5.82 Å². The van der Waals surface area contributed by atoms with Gasteiger partial charge in [0.05, 0.1) is 0 Å². The van der Waals surface area contributed by atoms with Crippen molar-refractivity contribution < 1.29 is 0 Å². The molecule has 1 aromatic heterocycles. The Morgan fingerprint density at radius 3 is 2.42 bits per heavy atom. The predicted molar refractivity (Wildman–Crippen MR) is 82.7 cm³/mol. The molecule has 0 unspecified atom stereocenters. The highest BCUT2D eigenvalue weighted by atomic mass is 79.9. The highest BCUT2D eigenvalue weighted by Crippen LogP contribution is 2.24. The summed E-state index contributed by atoms with van der Waals surface area (Å²) in [5.74, 6) is 2.33. The van der Waals surface area contributed by atoms with E-state index in [9.17, 15) is 0 Å². The van der Waals surface area contributed by atoms with Gasteiger partial charge >= 0.3 is 0 Å². The molecule has 0 spiro atoms. The van der Waals surface area contributed by atoms with Crippen LogP contribution in [0.15, 0.2) is 10.7 Å². The molecule has 2 heterocycles. The van der Waals surface area contributed by atoms with Crippen LogP contribution in [-0.2, 0) is 0 Å². The van der Waals surface area contributed by atoms with E-state index in [2.05, 4.69) is 58.7 Å². The molecule has 1 aliphatic heterocycles. The van der Waals surface area contributed by atoms with Crippen molar-refractivity contribution in [3.8, 4) is 0 Å². The molecule has 0 radical (unpaired) electrons. The highest BCUT2D eigenvalue weighted by molar-refractivity contribution is 9.10. The fourth-order valence-corrected chi connectivity index (χ4v) is 2.84. The third-order valence-electron chi connectivity index (χ3n) is 3.73. The van der Waals surface area contributed by atoms with Gasteiger partial charge in [-0.3, -0.25) is 0 Å². The Kier molecular flexibility index (Phi) is 4.79. The van der Waals surface area contributed by atoms with E-state index in [1.165, 1.54) is 12.8 Å². The maximum atomic E-state index is 4.70. The maximum Gasteiger partial charge on any atom is 0.134 e. The van der Waals surface area contributed by atoms with Crippen molar-refractivity contribution in [2.75, 3.05) is 32.1 Å². The fraction of sp³-hybridized carbons (Fsp3) is 0.714. The summed E-state index contributed by atoms with van der Waals surface area (Å²) in [6.45, 7) is 6.40. The van der Waals surface area contributed by atoms with Gasteiger partial charge in [0, 0.05) is 31.1 Å². The SMILES string of the molecule is CC(C)c1nc(Br)cc(N2CCC(N(C)C)CC2)n1. The van der Waals surface area contributed by atoms with Crippen molar-refractivity contribution in [2.45, 2.75) is 38.6 Å². The summed E-state index contributed by atoms with van der Waals surface area (Å²) in [6.07, 6.45) is 2.40. The second-order valence-corrected chi connectivity index (χ2v) is 6.56. The Morgan fingerprint density at radius 2 is 1.89 bits per heavy atom. The molecule has 0 amide bonds. The largest absolute Gasteiger partial charge is 0.356 e. The second kappa shape index (κ2) is 6.18. The maximum absolute atomic E-state index is 4.70. The number of halogens is 1. The quantitative estimate of drug-likeness (QED) is 0.799. The predicted octanol–water partition coefficient (Wildman–Crippen LogP) is 2.89. The number of piperidine rings is 1. The lowest BCUT2D eigenvalue weighted by Gasteiger charge is -2.36. The van der Waals surface area contributed by atoms with Crippen LogP contribution in [0, 0.1) is 0 Å². The van der Waals surface area contributed by atoms with E-state index < -0.39 is 0 Å². The fourth-order valence-electron chi connectivity index (χ4n) is 2.45. The van der Waals surface area contributed by atoms with Crippen LogP contribution in [-0.4, -0.2) is 48.1 Å². The summed E-state index contributed by atoms with van der Waals surface area (Å²) in [4.78, 5) is 13.8. The van der Waals surface area contributed by atoms with Crippen molar-refractivity contribution >= 4 is 21.7 Å². The number of hydrogen-bond acceptors (Lipinski definition) is 4. The van der Waals surface area contributed by atoms with Crippen molar-refractivity contribution in [3.63, 3.8) is 0 Å². The molecular weight excluding hydrogens is 304 g/mol. The van der Waals surface area contributed by atoms with Gasteiger partial charge in [-0.1, -0.05) is 13.8 Å². The number of hydrogen-bond donors (Lipinski definition) is 0. The smallest absolute Gasteiger partial charge is 0.134 e. The standard InChI is InChI=1S/C14H23BrN4/c1-10(2)14-16-12(15)9-13(17-14)19-7-5-11(6-8-19)18(3)4/h9-11H,5-8H2,1-4H3. The molecule has 1 aliphatic rings. The van der Waals surface area contributed by atoms with E-state index in [0.29, 0.717) is 12.0 Å². The summed E-state index contributed by atoms with van der Waals surface area (Å²) in [5, 5.41) is 0. The average molecular weight is 327 g/mol. The first-order chi connectivity index (χ1) is 8.97. The molecule has 5 heteroatoms. The van der Waals surface area contributed by atoms with Gasteiger partial charge < -0.3 is 9.80 Å². The Hall–Kier alpha value is -0.680. The van der Waals surface area contributed by atoms with E-state index in [-0.39, 0.29) is 0 Å². The Balaban J connectivity index is 2.11. The molecule has 1 saturated heterocycles. The average Bonchev–Trinajstić information content (AvgIpc) is 2.38. The molecule has 2 rings (SSSR count). The molecule has 0 saturated carbocycles.